The molecule has 1 rings (SSSR count). The lowest BCUT2D eigenvalue weighted by Crippen LogP contribution is -1.92. The van der Waals surface area contributed by atoms with Crippen LogP contribution in [0.3, 0.4) is 0 Å². The lowest BCUT2D eigenvalue weighted by molar-refractivity contribution is -0.132. The van der Waals surface area contributed by atoms with Crippen molar-refractivity contribution in [3.63, 3.8) is 0 Å². The lowest BCUT2D eigenvalue weighted by atomic mass is 10.1. The fourth-order valence-electron chi connectivity index (χ4n) is 0.934. The summed E-state index contributed by atoms with van der Waals surface area (Å²) < 4.78 is 4.91. The minimum Gasteiger partial charge on any atom is -0.423 e. The first-order valence-electron chi connectivity index (χ1n) is 3.72. The number of hydrogen-bond donors (Lipinski definition) is 0. The standard InChI is InChI=1S/C9H12O2/c1-6(2)4-8-7(3)5-9(10)11-8/h4-6H,1-3H3/b8-4-. The maximum atomic E-state index is 10.7. The van der Waals surface area contributed by atoms with Crippen LogP contribution in [0.5, 0.6) is 0 Å². The molecular weight excluding hydrogens is 140 g/mol. The van der Waals surface area contributed by atoms with Crippen LogP contribution in [-0.4, -0.2) is 5.97 Å². The van der Waals surface area contributed by atoms with E-state index >= 15 is 0 Å². The molecule has 0 aromatic carbocycles. The molecule has 2 nitrogen and oxygen atoms in total. The van der Waals surface area contributed by atoms with Crippen molar-refractivity contribution in [2.45, 2.75) is 20.8 Å². The molecule has 1 aliphatic heterocycles. The van der Waals surface area contributed by atoms with Gasteiger partial charge >= 0.3 is 5.97 Å². The van der Waals surface area contributed by atoms with Gasteiger partial charge in [-0.25, -0.2) is 4.79 Å². The number of carbonyl (C=O) groups is 1. The fraction of sp³-hybridized carbons (Fsp3) is 0.444. The summed E-state index contributed by atoms with van der Waals surface area (Å²) >= 11 is 0. The Hall–Kier alpha value is -1.05. The van der Waals surface area contributed by atoms with E-state index in [9.17, 15) is 4.79 Å². The number of esters is 1. The molecule has 0 saturated carbocycles. The highest BCUT2D eigenvalue weighted by Gasteiger charge is 2.15. The van der Waals surface area contributed by atoms with E-state index in [-0.39, 0.29) is 5.97 Å². The van der Waals surface area contributed by atoms with Crippen molar-refractivity contribution in [3.05, 3.63) is 23.5 Å². The molecule has 1 heterocycles. The van der Waals surface area contributed by atoms with E-state index in [4.69, 9.17) is 4.74 Å². The number of carbonyl (C=O) groups excluding carboxylic acids is 1. The Labute approximate surface area is 66.5 Å². The van der Waals surface area contributed by atoms with Gasteiger partial charge in [-0.05, 0) is 24.5 Å². The van der Waals surface area contributed by atoms with Gasteiger partial charge in [0, 0.05) is 6.08 Å². The third-order valence-electron chi connectivity index (χ3n) is 1.42. The van der Waals surface area contributed by atoms with E-state index in [1.165, 1.54) is 6.08 Å². The summed E-state index contributed by atoms with van der Waals surface area (Å²) in [5.74, 6) is 0.874. The second-order valence-corrected chi connectivity index (χ2v) is 3.02. The normalized spacial score (nSPS) is 20.9. The van der Waals surface area contributed by atoms with Crippen LogP contribution in [0.25, 0.3) is 0 Å². The molecular formula is C9H12O2. The molecule has 0 radical (unpaired) electrons. The summed E-state index contributed by atoms with van der Waals surface area (Å²) in [6.07, 6.45) is 3.45. The highest BCUT2D eigenvalue weighted by atomic mass is 16.5. The average Bonchev–Trinajstić information content (AvgIpc) is 2.09. The molecule has 0 amide bonds. The molecule has 0 atom stereocenters. The second kappa shape index (κ2) is 2.91. The average molecular weight is 152 g/mol. The highest BCUT2D eigenvalue weighted by Crippen LogP contribution is 2.20. The van der Waals surface area contributed by atoms with Gasteiger partial charge in [0.25, 0.3) is 0 Å². The second-order valence-electron chi connectivity index (χ2n) is 3.02. The zero-order chi connectivity index (χ0) is 8.43. The summed E-state index contributed by atoms with van der Waals surface area (Å²) in [6, 6.07) is 0. The van der Waals surface area contributed by atoms with Gasteiger partial charge in [0.2, 0.25) is 0 Å². The predicted octanol–water partition coefficient (Wildman–Crippen LogP) is 2.03. The Kier molecular flexibility index (Phi) is 2.13. The first kappa shape index (κ1) is 8.05. The number of cyclic esters (lactones) is 1. The molecule has 0 saturated heterocycles. The van der Waals surface area contributed by atoms with Gasteiger partial charge in [0.1, 0.15) is 5.76 Å². The Balaban J connectivity index is 2.79. The van der Waals surface area contributed by atoms with Crippen molar-refractivity contribution in [1.82, 2.24) is 0 Å². The maximum Gasteiger partial charge on any atom is 0.336 e. The third kappa shape index (κ3) is 1.93. The molecule has 0 aromatic rings. The van der Waals surface area contributed by atoms with Gasteiger partial charge in [0.15, 0.2) is 0 Å². The molecule has 0 unspecified atom stereocenters. The quantitative estimate of drug-likeness (QED) is 0.537. The van der Waals surface area contributed by atoms with Crippen molar-refractivity contribution < 1.29 is 9.53 Å². The van der Waals surface area contributed by atoms with Crippen LogP contribution in [0.1, 0.15) is 20.8 Å². The van der Waals surface area contributed by atoms with Crippen molar-refractivity contribution in [3.8, 4) is 0 Å². The van der Waals surface area contributed by atoms with E-state index in [1.54, 1.807) is 0 Å². The Morgan fingerprint density at radius 3 is 2.55 bits per heavy atom. The van der Waals surface area contributed by atoms with Gasteiger partial charge in [0.05, 0.1) is 0 Å². The topological polar surface area (TPSA) is 26.3 Å². The smallest absolute Gasteiger partial charge is 0.336 e. The lowest BCUT2D eigenvalue weighted by Gasteiger charge is -2.00. The van der Waals surface area contributed by atoms with Crippen molar-refractivity contribution in [1.29, 1.82) is 0 Å². The van der Waals surface area contributed by atoms with Crippen LogP contribution < -0.4 is 0 Å². The summed E-state index contributed by atoms with van der Waals surface area (Å²) in [5, 5.41) is 0. The predicted molar refractivity (Wildman–Crippen MR) is 42.8 cm³/mol. The summed E-state index contributed by atoms with van der Waals surface area (Å²) in [7, 11) is 0. The molecule has 1 aliphatic rings. The van der Waals surface area contributed by atoms with Crippen LogP contribution in [0, 0.1) is 5.92 Å². The SMILES string of the molecule is CC1=CC(=O)O/C1=C\C(C)C. The zero-order valence-corrected chi connectivity index (χ0v) is 7.05. The van der Waals surface area contributed by atoms with E-state index in [1.807, 2.05) is 26.8 Å². The third-order valence-corrected chi connectivity index (χ3v) is 1.42. The molecule has 0 bridgehead atoms. The first-order chi connectivity index (χ1) is 5.09. The van der Waals surface area contributed by atoms with Gasteiger partial charge in [-0.3, -0.25) is 0 Å². The minimum absolute atomic E-state index is 0.255. The fourth-order valence-corrected chi connectivity index (χ4v) is 0.934. The van der Waals surface area contributed by atoms with Crippen LogP contribution in [0.15, 0.2) is 23.5 Å². The number of hydrogen-bond acceptors (Lipinski definition) is 2. The molecule has 0 aromatic heterocycles. The Morgan fingerprint density at radius 2 is 2.18 bits per heavy atom. The van der Waals surface area contributed by atoms with Crippen molar-refractivity contribution >= 4 is 5.97 Å². The molecule has 11 heavy (non-hydrogen) atoms. The molecule has 2 heteroatoms. The zero-order valence-electron chi connectivity index (χ0n) is 7.05. The number of ether oxygens (including phenoxy) is 1. The monoisotopic (exact) mass is 152 g/mol. The molecule has 0 spiro atoms. The van der Waals surface area contributed by atoms with E-state index in [0.29, 0.717) is 11.7 Å². The number of rotatable bonds is 1. The maximum absolute atomic E-state index is 10.7. The van der Waals surface area contributed by atoms with Crippen molar-refractivity contribution in [2.75, 3.05) is 0 Å². The Morgan fingerprint density at radius 1 is 1.55 bits per heavy atom. The van der Waals surface area contributed by atoms with Gasteiger partial charge in [-0.1, -0.05) is 13.8 Å². The van der Waals surface area contributed by atoms with E-state index in [0.717, 1.165) is 5.57 Å². The van der Waals surface area contributed by atoms with Gasteiger partial charge in [-0.2, -0.15) is 0 Å². The minimum atomic E-state index is -0.255. The van der Waals surface area contributed by atoms with Crippen LogP contribution >= 0.6 is 0 Å². The van der Waals surface area contributed by atoms with Crippen molar-refractivity contribution in [2.24, 2.45) is 5.92 Å². The summed E-state index contributed by atoms with van der Waals surface area (Å²) in [4.78, 5) is 10.7. The van der Waals surface area contributed by atoms with E-state index < -0.39 is 0 Å². The highest BCUT2D eigenvalue weighted by molar-refractivity contribution is 5.88. The van der Waals surface area contributed by atoms with Crippen LogP contribution in [0.4, 0.5) is 0 Å². The Bertz CT molecular complexity index is 234. The molecule has 60 valence electrons. The summed E-state index contributed by atoms with van der Waals surface area (Å²) in [6.45, 7) is 5.97. The molecule has 0 aliphatic carbocycles. The first-order valence-corrected chi connectivity index (χ1v) is 3.72. The van der Waals surface area contributed by atoms with E-state index in [2.05, 4.69) is 0 Å². The molecule has 0 fully saturated rings. The van der Waals surface area contributed by atoms with Crippen LogP contribution in [0.2, 0.25) is 0 Å². The van der Waals surface area contributed by atoms with Gasteiger partial charge < -0.3 is 4.74 Å². The number of allylic oxidation sites excluding steroid dienone is 2. The summed E-state index contributed by atoms with van der Waals surface area (Å²) in [5.41, 5.74) is 0.920. The molecule has 0 N–H and O–H groups in total. The van der Waals surface area contributed by atoms with Gasteiger partial charge in [-0.15, -0.1) is 0 Å². The largest absolute Gasteiger partial charge is 0.423 e. The van der Waals surface area contributed by atoms with Crippen LogP contribution in [-0.2, 0) is 9.53 Å².